The summed E-state index contributed by atoms with van der Waals surface area (Å²) in [4.78, 5) is 16.8. The van der Waals surface area contributed by atoms with E-state index in [2.05, 4.69) is 20.5 Å². The monoisotopic (exact) mass is 434 g/mol. The molecule has 1 aromatic heterocycles. The molecule has 2 aromatic carbocycles. The van der Waals surface area contributed by atoms with Gasteiger partial charge in [-0.05, 0) is 56.3 Å². The number of carbonyl (C=O) groups excluding carboxylic acids is 1. The molecule has 1 aliphatic rings. The molecule has 1 unspecified atom stereocenters. The Morgan fingerprint density at radius 3 is 2.88 bits per heavy atom. The third-order valence-corrected chi connectivity index (χ3v) is 5.05. The van der Waals surface area contributed by atoms with E-state index < -0.39 is 0 Å². The number of fused-ring (bicyclic) bond motifs is 1. The number of ether oxygens (including phenoxy) is 3. The van der Waals surface area contributed by atoms with E-state index in [-0.39, 0.29) is 18.6 Å². The lowest BCUT2D eigenvalue weighted by atomic mass is 10.1. The van der Waals surface area contributed by atoms with Crippen LogP contribution in [-0.4, -0.2) is 40.9 Å². The Morgan fingerprint density at radius 1 is 1.31 bits per heavy atom. The first-order valence-corrected chi connectivity index (χ1v) is 10.5. The Hall–Kier alpha value is -3.81. The van der Waals surface area contributed by atoms with Gasteiger partial charge in [0.15, 0.2) is 5.82 Å². The molecule has 4 rings (SSSR count). The van der Waals surface area contributed by atoms with Crippen molar-refractivity contribution in [1.29, 1.82) is 0 Å². The first kappa shape index (κ1) is 21.4. The van der Waals surface area contributed by atoms with Gasteiger partial charge >= 0.3 is 0 Å². The van der Waals surface area contributed by atoms with Gasteiger partial charge in [0.25, 0.3) is 0 Å². The number of hydrogen-bond acceptors (Lipinski definition) is 6. The van der Waals surface area contributed by atoms with Crippen LogP contribution in [0.5, 0.6) is 17.2 Å². The number of amides is 1. The summed E-state index contributed by atoms with van der Waals surface area (Å²) in [6.45, 7) is 4.75. The molecule has 2 N–H and O–H groups in total. The highest BCUT2D eigenvalue weighted by Gasteiger charge is 2.21. The predicted molar refractivity (Wildman–Crippen MR) is 121 cm³/mol. The molecule has 1 aliphatic heterocycles. The van der Waals surface area contributed by atoms with Crippen molar-refractivity contribution in [2.75, 3.05) is 13.7 Å². The second-order valence-corrected chi connectivity index (χ2v) is 7.45. The highest BCUT2D eigenvalue weighted by atomic mass is 16.5. The third kappa shape index (κ3) is 4.91. The van der Waals surface area contributed by atoms with E-state index in [1.54, 1.807) is 13.2 Å². The average Bonchev–Trinajstić information content (AvgIpc) is 3.42. The quantitative estimate of drug-likeness (QED) is 0.527. The Balaban J connectivity index is 1.38. The number of rotatable bonds is 8. The zero-order valence-electron chi connectivity index (χ0n) is 18.3. The third-order valence-electron chi connectivity index (χ3n) is 5.05. The molecular weight excluding hydrogens is 408 g/mol. The molecule has 8 heteroatoms. The maximum Gasteiger partial charge on any atom is 0.244 e. The standard InChI is InChI=1S/C24H26N4O4/c1-4-31-20-13-18-11-15(2)32-21(18)12-17(20)7-10-23(29)25-14-22-26-24(28-27-22)16-5-8-19(30-3)9-6-16/h5-10,12-13,15H,4,11,14H2,1-3H3,(H,25,29)(H,26,27,28)/b10-7+. The fourth-order valence-electron chi connectivity index (χ4n) is 3.50. The number of nitrogens with one attached hydrogen (secondary N) is 2. The van der Waals surface area contributed by atoms with Gasteiger partial charge in [0.05, 0.1) is 20.3 Å². The molecule has 0 spiro atoms. The van der Waals surface area contributed by atoms with Crippen LogP contribution < -0.4 is 19.5 Å². The topological polar surface area (TPSA) is 98.4 Å². The van der Waals surface area contributed by atoms with Crippen LogP contribution in [0.15, 0.2) is 42.5 Å². The minimum atomic E-state index is -0.246. The van der Waals surface area contributed by atoms with E-state index in [0.29, 0.717) is 18.3 Å². The van der Waals surface area contributed by atoms with E-state index in [9.17, 15) is 4.79 Å². The van der Waals surface area contributed by atoms with Crippen molar-refractivity contribution in [3.8, 4) is 28.6 Å². The first-order chi connectivity index (χ1) is 15.6. The Morgan fingerprint density at radius 2 is 2.12 bits per heavy atom. The highest BCUT2D eigenvalue weighted by molar-refractivity contribution is 5.92. The zero-order chi connectivity index (χ0) is 22.5. The average molecular weight is 434 g/mol. The summed E-state index contributed by atoms with van der Waals surface area (Å²) in [6, 6.07) is 11.4. The maximum absolute atomic E-state index is 12.3. The molecule has 0 aliphatic carbocycles. The van der Waals surface area contributed by atoms with E-state index in [1.165, 1.54) is 6.08 Å². The fourth-order valence-corrected chi connectivity index (χ4v) is 3.50. The van der Waals surface area contributed by atoms with Crippen LogP contribution in [0, 0.1) is 0 Å². The predicted octanol–water partition coefficient (Wildman–Crippen LogP) is 3.53. The molecule has 0 bridgehead atoms. The minimum absolute atomic E-state index is 0.145. The summed E-state index contributed by atoms with van der Waals surface area (Å²) < 4.78 is 16.7. The van der Waals surface area contributed by atoms with Gasteiger partial charge < -0.3 is 19.5 Å². The minimum Gasteiger partial charge on any atom is -0.497 e. The zero-order valence-corrected chi connectivity index (χ0v) is 18.3. The number of nitrogens with zero attached hydrogens (tertiary/aromatic N) is 2. The summed E-state index contributed by atoms with van der Waals surface area (Å²) >= 11 is 0. The van der Waals surface area contributed by atoms with Crippen LogP contribution in [0.4, 0.5) is 0 Å². The number of hydrogen-bond donors (Lipinski definition) is 2. The number of methoxy groups -OCH3 is 1. The molecule has 0 saturated carbocycles. The highest BCUT2D eigenvalue weighted by Crippen LogP contribution is 2.35. The van der Waals surface area contributed by atoms with Gasteiger partial charge in [0, 0.05) is 29.2 Å². The number of benzene rings is 2. The van der Waals surface area contributed by atoms with Crippen molar-refractivity contribution in [3.63, 3.8) is 0 Å². The molecule has 166 valence electrons. The van der Waals surface area contributed by atoms with Crippen LogP contribution in [0.25, 0.3) is 17.5 Å². The molecule has 2 heterocycles. The van der Waals surface area contributed by atoms with E-state index >= 15 is 0 Å². The summed E-state index contributed by atoms with van der Waals surface area (Å²) in [5.41, 5.74) is 2.79. The molecule has 0 fully saturated rings. The van der Waals surface area contributed by atoms with Gasteiger partial charge in [-0.25, -0.2) is 4.98 Å². The van der Waals surface area contributed by atoms with Gasteiger partial charge in [-0.15, -0.1) is 0 Å². The van der Waals surface area contributed by atoms with Gasteiger partial charge in [0.1, 0.15) is 29.2 Å². The molecule has 32 heavy (non-hydrogen) atoms. The Kier molecular flexibility index (Phi) is 6.39. The maximum atomic E-state index is 12.3. The van der Waals surface area contributed by atoms with Crippen molar-refractivity contribution in [1.82, 2.24) is 20.5 Å². The molecule has 3 aromatic rings. The van der Waals surface area contributed by atoms with Crippen LogP contribution in [-0.2, 0) is 17.8 Å². The van der Waals surface area contributed by atoms with Gasteiger partial charge in [-0.3, -0.25) is 9.89 Å². The summed E-state index contributed by atoms with van der Waals surface area (Å²) in [6.07, 6.45) is 4.21. The van der Waals surface area contributed by atoms with E-state index in [4.69, 9.17) is 14.2 Å². The van der Waals surface area contributed by atoms with Gasteiger partial charge in [-0.1, -0.05) is 0 Å². The molecular formula is C24H26N4O4. The normalized spacial score (nSPS) is 14.8. The summed E-state index contributed by atoms with van der Waals surface area (Å²) in [7, 11) is 1.62. The lowest BCUT2D eigenvalue weighted by Gasteiger charge is -2.10. The SMILES string of the molecule is CCOc1cc2c(cc1/C=C/C(=O)NCc1nc(-c3ccc(OC)cc3)n[nH]1)OC(C)C2. The molecule has 1 atom stereocenters. The van der Waals surface area contributed by atoms with Gasteiger partial charge in [-0.2, -0.15) is 5.10 Å². The lowest BCUT2D eigenvalue weighted by Crippen LogP contribution is -2.21. The van der Waals surface area contributed by atoms with Gasteiger partial charge in [0.2, 0.25) is 5.91 Å². The molecule has 0 saturated heterocycles. The van der Waals surface area contributed by atoms with E-state index in [0.717, 1.165) is 40.4 Å². The lowest BCUT2D eigenvalue weighted by molar-refractivity contribution is -0.116. The largest absolute Gasteiger partial charge is 0.497 e. The number of aromatic amines is 1. The summed E-state index contributed by atoms with van der Waals surface area (Å²) in [5.74, 6) is 3.22. The van der Waals surface area contributed by atoms with Crippen LogP contribution in [0.1, 0.15) is 30.8 Å². The fraction of sp³-hybridized carbons (Fsp3) is 0.292. The number of aromatic nitrogens is 3. The summed E-state index contributed by atoms with van der Waals surface area (Å²) in [5, 5.41) is 9.87. The van der Waals surface area contributed by atoms with E-state index in [1.807, 2.05) is 50.2 Å². The number of H-pyrrole nitrogens is 1. The van der Waals surface area contributed by atoms with Crippen molar-refractivity contribution in [2.24, 2.45) is 0 Å². The molecule has 8 nitrogen and oxygen atoms in total. The first-order valence-electron chi connectivity index (χ1n) is 10.5. The number of carbonyl (C=O) groups is 1. The van der Waals surface area contributed by atoms with Crippen LogP contribution in [0.2, 0.25) is 0 Å². The Labute approximate surface area is 186 Å². The molecule has 0 radical (unpaired) electrons. The van der Waals surface area contributed by atoms with Crippen molar-refractivity contribution in [3.05, 3.63) is 59.4 Å². The van der Waals surface area contributed by atoms with Crippen molar-refractivity contribution >= 4 is 12.0 Å². The smallest absolute Gasteiger partial charge is 0.244 e. The second kappa shape index (κ2) is 9.55. The van der Waals surface area contributed by atoms with Crippen LogP contribution >= 0.6 is 0 Å². The van der Waals surface area contributed by atoms with Crippen molar-refractivity contribution in [2.45, 2.75) is 32.9 Å². The second-order valence-electron chi connectivity index (χ2n) is 7.45. The Bertz CT molecular complexity index is 1120. The van der Waals surface area contributed by atoms with Crippen molar-refractivity contribution < 1.29 is 19.0 Å². The van der Waals surface area contributed by atoms with Crippen LogP contribution in [0.3, 0.4) is 0 Å². The molecule has 1 amide bonds.